The van der Waals surface area contributed by atoms with Crippen molar-refractivity contribution in [3.8, 4) is 5.75 Å². The molecule has 2 heterocycles. The van der Waals surface area contributed by atoms with Crippen LogP contribution in [-0.2, 0) is 9.47 Å². The van der Waals surface area contributed by atoms with Crippen molar-refractivity contribution >= 4 is 11.6 Å². The summed E-state index contributed by atoms with van der Waals surface area (Å²) < 4.78 is 16.7. The van der Waals surface area contributed by atoms with E-state index in [1.807, 2.05) is 12.1 Å². The molecule has 7 nitrogen and oxygen atoms in total. The number of ether oxygens (including phenoxy) is 3. The molecular weight excluding hydrogens is 380 g/mol. The molecule has 2 fully saturated rings. The van der Waals surface area contributed by atoms with Gasteiger partial charge in [-0.15, -0.1) is 0 Å². The van der Waals surface area contributed by atoms with Crippen LogP contribution >= 0.6 is 0 Å². The zero-order valence-corrected chi connectivity index (χ0v) is 18.6. The quantitative estimate of drug-likeness (QED) is 0.346. The fraction of sp³-hybridized carbons (Fsp3) is 0.696. The predicted molar refractivity (Wildman–Crippen MR) is 122 cm³/mol. The lowest BCUT2D eigenvalue weighted by Crippen LogP contribution is -2.51. The Bertz CT molecular complexity index is 649. The number of piperidine rings is 1. The number of nitrogens with zero attached hydrogens (tertiary/aromatic N) is 2. The Labute approximate surface area is 181 Å². The number of benzene rings is 1. The average molecular weight is 419 g/mol. The zero-order valence-electron chi connectivity index (χ0n) is 18.6. The minimum atomic E-state index is 0.361. The summed E-state index contributed by atoms with van der Waals surface area (Å²) in [4.78, 5) is 7.16. The molecule has 2 aliphatic heterocycles. The van der Waals surface area contributed by atoms with Gasteiger partial charge in [-0.05, 0) is 44.7 Å². The Kier molecular flexibility index (Phi) is 9.57. The third-order valence-corrected chi connectivity index (χ3v) is 5.63. The number of hydrogen-bond acceptors (Lipinski definition) is 5. The fourth-order valence-corrected chi connectivity index (χ4v) is 4.04. The molecule has 0 spiro atoms. The summed E-state index contributed by atoms with van der Waals surface area (Å²) in [6.45, 7) is 9.00. The molecular formula is C23H38N4O3. The summed E-state index contributed by atoms with van der Waals surface area (Å²) in [7, 11) is 1.74. The van der Waals surface area contributed by atoms with Gasteiger partial charge in [0.2, 0.25) is 0 Å². The molecule has 0 bridgehead atoms. The van der Waals surface area contributed by atoms with Crippen molar-refractivity contribution in [2.45, 2.75) is 38.6 Å². The van der Waals surface area contributed by atoms with E-state index >= 15 is 0 Å². The minimum Gasteiger partial charge on any atom is -0.495 e. The second-order valence-electron chi connectivity index (χ2n) is 8.02. The molecule has 7 heteroatoms. The molecule has 30 heavy (non-hydrogen) atoms. The number of guanidine groups is 1. The van der Waals surface area contributed by atoms with Gasteiger partial charge in [0.1, 0.15) is 5.75 Å². The van der Waals surface area contributed by atoms with Crippen molar-refractivity contribution < 1.29 is 14.2 Å². The maximum absolute atomic E-state index is 5.79. The predicted octanol–water partition coefficient (Wildman–Crippen LogP) is 2.66. The van der Waals surface area contributed by atoms with E-state index in [9.17, 15) is 0 Å². The van der Waals surface area contributed by atoms with Gasteiger partial charge in [0.15, 0.2) is 5.96 Å². The maximum Gasteiger partial charge on any atom is 0.191 e. The largest absolute Gasteiger partial charge is 0.495 e. The SMILES string of the molecule is CCNC(=NCCCOCC1CCOC1)NC1CCCN(c2ccccc2OC)C1. The first-order valence-electron chi connectivity index (χ1n) is 11.4. The van der Waals surface area contributed by atoms with E-state index in [2.05, 4.69) is 34.6 Å². The van der Waals surface area contributed by atoms with Crippen molar-refractivity contribution in [1.29, 1.82) is 0 Å². The molecule has 2 aliphatic rings. The fourth-order valence-electron chi connectivity index (χ4n) is 4.04. The zero-order chi connectivity index (χ0) is 21.0. The summed E-state index contributed by atoms with van der Waals surface area (Å²) in [6, 6.07) is 8.61. The molecule has 2 saturated heterocycles. The number of hydrogen-bond donors (Lipinski definition) is 2. The monoisotopic (exact) mass is 418 g/mol. The topological polar surface area (TPSA) is 67.4 Å². The number of methoxy groups -OCH3 is 1. The van der Waals surface area contributed by atoms with Crippen LogP contribution in [0.3, 0.4) is 0 Å². The second kappa shape index (κ2) is 12.6. The van der Waals surface area contributed by atoms with Gasteiger partial charge in [-0.1, -0.05) is 12.1 Å². The number of anilines is 1. The molecule has 2 N–H and O–H groups in total. The highest BCUT2D eigenvalue weighted by molar-refractivity contribution is 5.80. The average Bonchev–Trinajstić information content (AvgIpc) is 3.30. The third kappa shape index (κ3) is 7.06. The Morgan fingerprint density at radius 1 is 1.30 bits per heavy atom. The van der Waals surface area contributed by atoms with Crippen LogP contribution < -0.4 is 20.3 Å². The van der Waals surface area contributed by atoms with Gasteiger partial charge in [-0.3, -0.25) is 4.99 Å². The summed E-state index contributed by atoms with van der Waals surface area (Å²) >= 11 is 0. The van der Waals surface area contributed by atoms with Crippen LogP contribution in [0, 0.1) is 5.92 Å². The van der Waals surface area contributed by atoms with E-state index in [0.717, 1.165) is 90.0 Å². The molecule has 2 atom stereocenters. The van der Waals surface area contributed by atoms with Crippen molar-refractivity contribution in [1.82, 2.24) is 10.6 Å². The Hall–Kier alpha value is -1.99. The smallest absolute Gasteiger partial charge is 0.191 e. The van der Waals surface area contributed by atoms with Crippen molar-refractivity contribution in [2.75, 3.05) is 64.6 Å². The normalized spacial score (nSPS) is 22.2. The summed E-state index contributed by atoms with van der Waals surface area (Å²) in [5, 5.41) is 7.01. The van der Waals surface area contributed by atoms with Crippen LogP contribution in [0.4, 0.5) is 5.69 Å². The highest BCUT2D eigenvalue weighted by Gasteiger charge is 2.22. The van der Waals surface area contributed by atoms with E-state index in [1.165, 1.54) is 5.69 Å². The van der Waals surface area contributed by atoms with Gasteiger partial charge in [0.25, 0.3) is 0 Å². The molecule has 3 rings (SSSR count). The van der Waals surface area contributed by atoms with Gasteiger partial charge in [-0.2, -0.15) is 0 Å². The van der Waals surface area contributed by atoms with Crippen LogP contribution in [0.25, 0.3) is 0 Å². The first-order valence-corrected chi connectivity index (χ1v) is 11.4. The first kappa shape index (κ1) is 22.7. The molecule has 1 aromatic rings. The van der Waals surface area contributed by atoms with E-state index in [1.54, 1.807) is 7.11 Å². The number of para-hydroxylation sites is 2. The second-order valence-corrected chi connectivity index (χ2v) is 8.02. The summed E-state index contributed by atoms with van der Waals surface area (Å²) in [5.74, 6) is 2.40. The summed E-state index contributed by atoms with van der Waals surface area (Å²) in [5.41, 5.74) is 1.17. The molecule has 0 saturated carbocycles. The standard InChI is InChI=1S/C23H38N4O3/c1-3-24-23(25-12-7-14-29-17-19-11-15-30-18-19)26-20-8-6-13-27(16-20)21-9-4-5-10-22(21)28-2/h4-5,9-10,19-20H,3,6-8,11-18H2,1-2H3,(H2,24,25,26). The molecule has 0 aromatic heterocycles. The lowest BCUT2D eigenvalue weighted by Gasteiger charge is -2.36. The lowest BCUT2D eigenvalue weighted by atomic mass is 10.0. The van der Waals surface area contributed by atoms with Crippen molar-refractivity contribution in [3.05, 3.63) is 24.3 Å². The number of rotatable bonds is 10. The summed E-state index contributed by atoms with van der Waals surface area (Å²) in [6.07, 6.45) is 4.35. The first-order chi connectivity index (χ1) is 14.8. The van der Waals surface area contributed by atoms with Crippen LogP contribution in [0.2, 0.25) is 0 Å². The van der Waals surface area contributed by atoms with E-state index in [4.69, 9.17) is 19.2 Å². The highest BCUT2D eigenvalue weighted by Crippen LogP contribution is 2.29. The van der Waals surface area contributed by atoms with E-state index < -0.39 is 0 Å². The molecule has 0 aliphatic carbocycles. The van der Waals surface area contributed by atoms with Crippen LogP contribution in [0.5, 0.6) is 5.75 Å². The van der Waals surface area contributed by atoms with Gasteiger partial charge in [0, 0.05) is 51.4 Å². The van der Waals surface area contributed by atoms with Crippen LogP contribution in [-0.4, -0.2) is 71.7 Å². The number of nitrogens with one attached hydrogen (secondary N) is 2. The van der Waals surface area contributed by atoms with Gasteiger partial charge in [-0.25, -0.2) is 0 Å². The molecule has 0 radical (unpaired) electrons. The molecule has 168 valence electrons. The Morgan fingerprint density at radius 3 is 3.00 bits per heavy atom. The van der Waals surface area contributed by atoms with Crippen molar-refractivity contribution in [2.24, 2.45) is 10.9 Å². The number of aliphatic imine (C=N–C) groups is 1. The van der Waals surface area contributed by atoms with Crippen molar-refractivity contribution in [3.63, 3.8) is 0 Å². The molecule has 0 amide bonds. The Morgan fingerprint density at radius 2 is 2.20 bits per heavy atom. The van der Waals surface area contributed by atoms with Crippen LogP contribution in [0.1, 0.15) is 32.6 Å². The van der Waals surface area contributed by atoms with Gasteiger partial charge < -0.3 is 29.7 Å². The van der Waals surface area contributed by atoms with Gasteiger partial charge >= 0.3 is 0 Å². The van der Waals surface area contributed by atoms with Crippen LogP contribution in [0.15, 0.2) is 29.3 Å². The van der Waals surface area contributed by atoms with E-state index in [0.29, 0.717) is 12.0 Å². The maximum atomic E-state index is 5.79. The third-order valence-electron chi connectivity index (χ3n) is 5.63. The molecule has 1 aromatic carbocycles. The van der Waals surface area contributed by atoms with Gasteiger partial charge in [0.05, 0.1) is 26.0 Å². The minimum absolute atomic E-state index is 0.361. The highest BCUT2D eigenvalue weighted by atomic mass is 16.5. The lowest BCUT2D eigenvalue weighted by molar-refractivity contribution is 0.0893. The molecule has 2 unspecified atom stereocenters. The van der Waals surface area contributed by atoms with E-state index in [-0.39, 0.29) is 0 Å². The Balaban J connectivity index is 1.44.